The summed E-state index contributed by atoms with van der Waals surface area (Å²) in [5, 5.41) is 0. The van der Waals surface area contributed by atoms with Crippen molar-refractivity contribution in [3.8, 4) is 0 Å². The monoisotopic (exact) mass is 220 g/mol. The molecule has 0 aromatic carbocycles. The van der Waals surface area contributed by atoms with Crippen molar-refractivity contribution < 1.29 is 9.53 Å². The van der Waals surface area contributed by atoms with E-state index in [9.17, 15) is 4.79 Å². The van der Waals surface area contributed by atoms with Crippen molar-refractivity contribution in [3.63, 3.8) is 0 Å². The molecule has 1 rings (SSSR count). The maximum absolute atomic E-state index is 10.6. The quantitative estimate of drug-likeness (QED) is 0.500. The molecular formula is C8H13BrO2. The van der Waals surface area contributed by atoms with Crippen LogP contribution in [0.5, 0.6) is 0 Å². The van der Waals surface area contributed by atoms with Gasteiger partial charge in [0, 0.05) is 12.3 Å². The Morgan fingerprint density at radius 3 is 2.36 bits per heavy atom. The number of rotatable bonds is 1. The average molecular weight is 221 g/mol. The van der Waals surface area contributed by atoms with E-state index in [0.29, 0.717) is 4.83 Å². The molecule has 1 fully saturated rings. The second-order valence-electron chi connectivity index (χ2n) is 3.74. The van der Waals surface area contributed by atoms with Crippen molar-refractivity contribution in [2.24, 2.45) is 5.41 Å². The van der Waals surface area contributed by atoms with Gasteiger partial charge < -0.3 is 4.74 Å². The lowest BCUT2D eigenvalue weighted by Gasteiger charge is -2.47. The zero-order valence-corrected chi connectivity index (χ0v) is 8.64. The SMILES string of the molecule is CC(=O)OC1C(Br)CC1(C)C. The summed E-state index contributed by atoms with van der Waals surface area (Å²) >= 11 is 3.45. The molecule has 0 aliphatic heterocycles. The fourth-order valence-corrected chi connectivity index (χ4v) is 3.12. The first-order valence-corrected chi connectivity index (χ1v) is 4.66. The molecule has 11 heavy (non-hydrogen) atoms. The van der Waals surface area contributed by atoms with E-state index in [4.69, 9.17) is 4.74 Å². The lowest BCUT2D eigenvalue weighted by Crippen LogP contribution is -2.52. The Hall–Kier alpha value is -0.0500. The molecule has 0 N–H and O–H groups in total. The van der Waals surface area contributed by atoms with Crippen LogP contribution in [0.25, 0.3) is 0 Å². The summed E-state index contributed by atoms with van der Waals surface area (Å²) in [5.74, 6) is -0.188. The molecule has 0 aromatic heterocycles. The summed E-state index contributed by atoms with van der Waals surface area (Å²) in [5.41, 5.74) is 0.153. The van der Waals surface area contributed by atoms with Crippen LogP contribution in [-0.4, -0.2) is 16.9 Å². The summed E-state index contributed by atoms with van der Waals surface area (Å²) in [6.45, 7) is 5.67. The minimum atomic E-state index is -0.188. The van der Waals surface area contributed by atoms with Gasteiger partial charge >= 0.3 is 5.97 Å². The van der Waals surface area contributed by atoms with E-state index < -0.39 is 0 Å². The highest BCUT2D eigenvalue weighted by Crippen LogP contribution is 2.46. The Morgan fingerprint density at radius 2 is 2.18 bits per heavy atom. The number of carbonyl (C=O) groups is 1. The van der Waals surface area contributed by atoms with Gasteiger partial charge in [-0.2, -0.15) is 0 Å². The van der Waals surface area contributed by atoms with Crippen LogP contribution >= 0.6 is 15.9 Å². The van der Waals surface area contributed by atoms with E-state index in [1.807, 2.05) is 0 Å². The highest BCUT2D eigenvalue weighted by Gasteiger charge is 2.48. The second kappa shape index (κ2) is 2.77. The standard InChI is InChI=1S/C8H13BrO2/c1-5(10)11-7-6(9)4-8(7,2)3/h6-7H,4H2,1-3H3. The van der Waals surface area contributed by atoms with Gasteiger partial charge in [0.1, 0.15) is 6.10 Å². The molecule has 0 spiro atoms. The first kappa shape index (κ1) is 9.04. The first-order chi connectivity index (χ1) is 4.93. The number of hydrogen-bond acceptors (Lipinski definition) is 2. The lowest BCUT2D eigenvalue weighted by molar-refractivity contribution is -0.160. The normalized spacial score (nSPS) is 34.2. The Labute approximate surface area is 75.4 Å². The summed E-state index contributed by atoms with van der Waals surface area (Å²) in [7, 11) is 0. The van der Waals surface area contributed by atoms with Gasteiger partial charge in [-0.3, -0.25) is 4.79 Å². The third-order valence-corrected chi connectivity index (χ3v) is 2.92. The molecule has 0 aromatic rings. The van der Waals surface area contributed by atoms with Crippen LogP contribution in [0, 0.1) is 5.41 Å². The zero-order valence-electron chi connectivity index (χ0n) is 7.06. The number of esters is 1. The molecule has 0 radical (unpaired) electrons. The average Bonchev–Trinajstić information content (AvgIpc) is 1.82. The van der Waals surface area contributed by atoms with E-state index in [2.05, 4.69) is 29.8 Å². The third kappa shape index (κ3) is 1.75. The number of alkyl halides is 1. The van der Waals surface area contributed by atoms with Crippen molar-refractivity contribution >= 4 is 21.9 Å². The van der Waals surface area contributed by atoms with Crippen molar-refractivity contribution in [2.75, 3.05) is 0 Å². The summed E-state index contributed by atoms with van der Waals surface area (Å²) in [6, 6.07) is 0. The Balaban J connectivity index is 2.50. The molecule has 2 nitrogen and oxygen atoms in total. The molecule has 0 bridgehead atoms. The van der Waals surface area contributed by atoms with Crippen molar-refractivity contribution in [1.29, 1.82) is 0 Å². The summed E-state index contributed by atoms with van der Waals surface area (Å²) < 4.78 is 5.13. The molecule has 3 heteroatoms. The third-order valence-electron chi connectivity index (χ3n) is 2.11. The highest BCUT2D eigenvalue weighted by atomic mass is 79.9. The molecule has 0 heterocycles. The molecule has 1 saturated carbocycles. The van der Waals surface area contributed by atoms with Gasteiger partial charge in [0.05, 0.1) is 4.83 Å². The van der Waals surface area contributed by atoms with Gasteiger partial charge in [0.2, 0.25) is 0 Å². The Morgan fingerprint density at radius 1 is 1.64 bits per heavy atom. The van der Waals surface area contributed by atoms with Crippen molar-refractivity contribution in [1.82, 2.24) is 0 Å². The lowest BCUT2D eigenvalue weighted by atomic mass is 9.69. The van der Waals surface area contributed by atoms with Crippen LogP contribution < -0.4 is 0 Å². The molecule has 1 aliphatic rings. The minimum absolute atomic E-state index is 0.0556. The van der Waals surface area contributed by atoms with Gasteiger partial charge in [0.15, 0.2) is 0 Å². The van der Waals surface area contributed by atoms with E-state index >= 15 is 0 Å². The summed E-state index contributed by atoms with van der Waals surface area (Å²) in [4.78, 5) is 11.0. The van der Waals surface area contributed by atoms with Gasteiger partial charge in [-0.05, 0) is 6.42 Å². The number of carbonyl (C=O) groups excluding carboxylic acids is 1. The van der Waals surface area contributed by atoms with Gasteiger partial charge in [-0.25, -0.2) is 0 Å². The Kier molecular flexibility index (Phi) is 2.28. The number of ether oxygens (including phenoxy) is 1. The fourth-order valence-electron chi connectivity index (χ4n) is 1.47. The topological polar surface area (TPSA) is 26.3 Å². The molecule has 2 atom stereocenters. The van der Waals surface area contributed by atoms with Crippen LogP contribution in [0.4, 0.5) is 0 Å². The Bertz CT molecular complexity index is 177. The fraction of sp³-hybridized carbons (Fsp3) is 0.875. The van der Waals surface area contributed by atoms with E-state index in [1.165, 1.54) is 6.92 Å². The van der Waals surface area contributed by atoms with E-state index in [1.54, 1.807) is 0 Å². The maximum atomic E-state index is 10.6. The maximum Gasteiger partial charge on any atom is 0.302 e. The first-order valence-electron chi connectivity index (χ1n) is 3.75. The van der Waals surface area contributed by atoms with E-state index in [0.717, 1.165) is 6.42 Å². The zero-order chi connectivity index (χ0) is 8.65. The van der Waals surface area contributed by atoms with Gasteiger partial charge in [-0.1, -0.05) is 29.8 Å². The van der Waals surface area contributed by atoms with Crippen LogP contribution in [-0.2, 0) is 9.53 Å². The second-order valence-corrected chi connectivity index (χ2v) is 4.91. The molecule has 2 unspecified atom stereocenters. The molecular weight excluding hydrogens is 208 g/mol. The predicted molar refractivity (Wildman–Crippen MR) is 46.7 cm³/mol. The number of halogens is 1. The van der Waals surface area contributed by atoms with Gasteiger partial charge in [-0.15, -0.1) is 0 Å². The van der Waals surface area contributed by atoms with Gasteiger partial charge in [0.25, 0.3) is 0 Å². The van der Waals surface area contributed by atoms with Crippen molar-refractivity contribution in [2.45, 2.75) is 38.1 Å². The van der Waals surface area contributed by atoms with Crippen molar-refractivity contribution in [3.05, 3.63) is 0 Å². The predicted octanol–water partition coefficient (Wildman–Crippen LogP) is 2.11. The minimum Gasteiger partial charge on any atom is -0.461 e. The largest absolute Gasteiger partial charge is 0.461 e. The summed E-state index contributed by atoms with van der Waals surface area (Å²) in [6.07, 6.45) is 1.13. The van der Waals surface area contributed by atoms with Crippen LogP contribution in [0.3, 0.4) is 0 Å². The van der Waals surface area contributed by atoms with Crippen LogP contribution in [0.2, 0.25) is 0 Å². The number of hydrogen-bond donors (Lipinski definition) is 0. The molecule has 0 amide bonds. The molecule has 0 saturated heterocycles. The molecule has 1 aliphatic carbocycles. The van der Waals surface area contributed by atoms with Crippen LogP contribution in [0.1, 0.15) is 27.2 Å². The molecule has 64 valence electrons. The highest BCUT2D eigenvalue weighted by molar-refractivity contribution is 9.09. The smallest absolute Gasteiger partial charge is 0.302 e. The van der Waals surface area contributed by atoms with E-state index in [-0.39, 0.29) is 17.5 Å². The van der Waals surface area contributed by atoms with Crippen LogP contribution in [0.15, 0.2) is 0 Å².